The first kappa shape index (κ1) is 12.9. The third-order valence-corrected chi connectivity index (χ3v) is 3.75. The largest absolute Gasteiger partial charge is 0.494 e. The SMILES string of the molecule is CCOc1ccc(N)c(NC2Cc3ccccc3C2)c1. The number of nitrogens with two attached hydrogens (primary N) is 1. The molecule has 0 saturated carbocycles. The van der Waals surface area contributed by atoms with E-state index in [1.165, 1.54) is 11.1 Å². The van der Waals surface area contributed by atoms with Gasteiger partial charge in [0, 0.05) is 12.1 Å². The summed E-state index contributed by atoms with van der Waals surface area (Å²) in [6.45, 7) is 2.65. The Kier molecular flexibility index (Phi) is 3.50. The lowest BCUT2D eigenvalue weighted by atomic mass is 10.1. The lowest BCUT2D eigenvalue weighted by Gasteiger charge is -2.16. The molecule has 0 heterocycles. The molecule has 3 N–H and O–H groups in total. The molecule has 0 aliphatic heterocycles. The molecule has 0 fully saturated rings. The lowest BCUT2D eigenvalue weighted by Crippen LogP contribution is -2.20. The molecule has 0 atom stereocenters. The molecule has 2 aromatic carbocycles. The van der Waals surface area contributed by atoms with Crippen molar-refractivity contribution in [3.05, 3.63) is 53.6 Å². The summed E-state index contributed by atoms with van der Waals surface area (Å²) in [5.74, 6) is 0.861. The highest BCUT2D eigenvalue weighted by Crippen LogP contribution is 2.29. The number of rotatable bonds is 4. The molecule has 0 bridgehead atoms. The molecule has 0 amide bonds. The van der Waals surface area contributed by atoms with Gasteiger partial charge in [0.05, 0.1) is 18.0 Å². The normalized spacial score (nSPS) is 14.1. The van der Waals surface area contributed by atoms with Crippen molar-refractivity contribution in [1.29, 1.82) is 0 Å². The monoisotopic (exact) mass is 268 g/mol. The second-order valence-corrected chi connectivity index (χ2v) is 5.20. The van der Waals surface area contributed by atoms with Gasteiger partial charge in [0.2, 0.25) is 0 Å². The lowest BCUT2D eigenvalue weighted by molar-refractivity contribution is 0.340. The highest BCUT2D eigenvalue weighted by Gasteiger charge is 2.21. The minimum absolute atomic E-state index is 0.409. The topological polar surface area (TPSA) is 47.3 Å². The number of nitrogens with one attached hydrogen (secondary N) is 1. The van der Waals surface area contributed by atoms with Gasteiger partial charge in [0.15, 0.2) is 0 Å². The van der Waals surface area contributed by atoms with Crippen LogP contribution in [-0.4, -0.2) is 12.6 Å². The van der Waals surface area contributed by atoms with E-state index in [4.69, 9.17) is 10.5 Å². The van der Waals surface area contributed by atoms with Gasteiger partial charge in [-0.05, 0) is 43.0 Å². The van der Waals surface area contributed by atoms with Crippen LogP contribution in [0.3, 0.4) is 0 Å². The van der Waals surface area contributed by atoms with Crippen LogP contribution in [0.4, 0.5) is 11.4 Å². The molecular weight excluding hydrogens is 248 g/mol. The van der Waals surface area contributed by atoms with Gasteiger partial charge in [-0.3, -0.25) is 0 Å². The van der Waals surface area contributed by atoms with Gasteiger partial charge in [-0.25, -0.2) is 0 Å². The van der Waals surface area contributed by atoms with Crippen molar-refractivity contribution < 1.29 is 4.74 Å². The van der Waals surface area contributed by atoms with Crippen LogP contribution >= 0.6 is 0 Å². The fraction of sp³-hybridized carbons (Fsp3) is 0.294. The molecule has 0 radical (unpaired) electrons. The predicted octanol–water partition coefficient (Wildman–Crippen LogP) is 3.25. The number of nitrogen functional groups attached to an aromatic ring is 1. The van der Waals surface area contributed by atoms with Gasteiger partial charge in [0.25, 0.3) is 0 Å². The Labute approximate surface area is 119 Å². The summed E-state index contributed by atoms with van der Waals surface area (Å²) in [6.07, 6.45) is 2.10. The summed E-state index contributed by atoms with van der Waals surface area (Å²) in [6, 6.07) is 14.8. The first-order chi connectivity index (χ1) is 9.76. The van der Waals surface area contributed by atoms with Crippen LogP contribution in [0.1, 0.15) is 18.1 Å². The van der Waals surface area contributed by atoms with Crippen LogP contribution in [0.5, 0.6) is 5.75 Å². The van der Waals surface area contributed by atoms with E-state index in [1.807, 2.05) is 25.1 Å². The summed E-state index contributed by atoms with van der Waals surface area (Å²) >= 11 is 0. The van der Waals surface area contributed by atoms with Gasteiger partial charge >= 0.3 is 0 Å². The van der Waals surface area contributed by atoms with Gasteiger partial charge < -0.3 is 15.8 Å². The van der Waals surface area contributed by atoms with E-state index < -0.39 is 0 Å². The average Bonchev–Trinajstić information content (AvgIpc) is 2.85. The van der Waals surface area contributed by atoms with Gasteiger partial charge in [-0.15, -0.1) is 0 Å². The van der Waals surface area contributed by atoms with E-state index in [-0.39, 0.29) is 0 Å². The zero-order valence-corrected chi connectivity index (χ0v) is 11.7. The van der Waals surface area contributed by atoms with Crippen LogP contribution in [0, 0.1) is 0 Å². The predicted molar refractivity (Wildman–Crippen MR) is 83.3 cm³/mol. The molecule has 1 aliphatic carbocycles. The van der Waals surface area contributed by atoms with E-state index in [2.05, 4.69) is 29.6 Å². The highest BCUT2D eigenvalue weighted by atomic mass is 16.5. The summed E-state index contributed by atoms with van der Waals surface area (Å²) in [7, 11) is 0. The molecule has 104 valence electrons. The minimum Gasteiger partial charge on any atom is -0.494 e. The molecule has 3 nitrogen and oxygen atoms in total. The number of anilines is 2. The Morgan fingerprint density at radius 1 is 1.15 bits per heavy atom. The highest BCUT2D eigenvalue weighted by molar-refractivity contribution is 5.69. The molecular formula is C17H20N2O. The number of benzene rings is 2. The molecule has 0 aromatic heterocycles. The molecule has 3 rings (SSSR count). The van der Waals surface area contributed by atoms with Crippen molar-refractivity contribution >= 4 is 11.4 Å². The summed E-state index contributed by atoms with van der Waals surface area (Å²) in [5, 5.41) is 3.55. The molecule has 0 saturated heterocycles. The summed E-state index contributed by atoms with van der Waals surface area (Å²) in [5.41, 5.74) is 10.7. The van der Waals surface area contributed by atoms with Crippen molar-refractivity contribution in [3.63, 3.8) is 0 Å². The van der Waals surface area contributed by atoms with Crippen LogP contribution in [0.2, 0.25) is 0 Å². The second kappa shape index (κ2) is 5.45. The van der Waals surface area contributed by atoms with E-state index in [0.717, 1.165) is 30.0 Å². The molecule has 0 unspecified atom stereocenters. The maximum Gasteiger partial charge on any atom is 0.121 e. The van der Waals surface area contributed by atoms with Gasteiger partial charge in [-0.1, -0.05) is 24.3 Å². The fourth-order valence-electron chi connectivity index (χ4n) is 2.80. The van der Waals surface area contributed by atoms with Gasteiger partial charge in [0.1, 0.15) is 5.75 Å². The van der Waals surface area contributed by atoms with E-state index in [0.29, 0.717) is 12.6 Å². The van der Waals surface area contributed by atoms with Crippen molar-refractivity contribution in [2.24, 2.45) is 0 Å². The van der Waals surface area contributed by atoms with Crippen molar-refractivity contribution in [2.75, 3.05) is 17.7 Å². The minimum atomic E-state index is 0.409. The van der Waals surface area contributed by atoms with Crippen LogP contribution in [0.25, 0.3) is 0 Å². The van der Waals surface area contributed by atoms with Crippen LogP contribution in [-0.2, 0) is 12.8 Å². The number of ether oxygens (including phenoxy) is 1. The molecule has 1 aliphatic rings. The van der Waals surface area contributed by atoms with Crippen LogP contribution < -0.4 is 15.8 Å². The Balaban J connectivity index is 1.74. The number of hydrogen-bond acceptors (Lipinski definition) is 3. The number of hydrogen-bond donors (Lipinski definition) is 2. The zero-order chi connectivity index (χ0) is 13.9. The standard InChI is InChI=1S/C17H20N2O/c1-2-20-15-7-8-16(18)17(11-15)19-14-9-12-5-3-4-6-13(12)10-14/h3-8,11,14,19H,2,9-10,18H2,1H3. The van der Waals surface area contributed by atoms with Crippen molar-refractivity contribution in [2.45, 2.75) is 25.8 Å². The van der Waals surface area contributed by atoms with E-state index >= 15 is 0 Å². The quantitative estimate of drug-likeness (QED) is 0.837. The van der Waals surface area contributed by atoms with Gasteiger partial charge in [-0.2, -0.15) is 0 Å². The van der Waals surface area contributed by atoms with Crippen molar-refractivity contribution in [1.82, 2.24) is 0 Å². The third kappa shape index (κ3) is 2.57. The molecule has 2 aromatic rings. The first-order valence-corrected chi connectivity index (χ1v) is 7.12. The number of fused-ring (bicyclic) bond motifs is 1. The smallest absolute Gasteiger partial charge is 0.121 e. The molecule has 3 heteroatoms. The maximum atomic E-state index is 6.05. The summed E-state index contributed by atoms with van der Waals surface area (Å²) in [4.78, 5) is 0. The Morgan fingerprint density at radius 2 is 1.85 bits per heavy atom. The second-order valence-electron chi connectivity index (χ2n) is 5.20. The molecule has 20 heavy (non-hydrogen) atoms. The third-order valence-electron chi connectivity index (χ3n) is 3.75. The van der Waals surface area contributed by atoms with E-state index in [9.17, 15) is 0 Å². The van der Waals surface area contributed by atoms with Crippen LogP contribution in [0.15, 0.2) is 42.5 Å². The van der Waals surface area contributed by atoms with E-state index in [1.54, 1.807) is 0 Å². The fourth-order valence-corrected chi connectivity index (χ4v) is 2.80. The Bertz CT molecular complexity index is 585. The average molecular weight is 268 g/mol. The Morgan fingerprint density at radius 3 is 2.50 bits per heavy atom. The molecule has 0 spiro atoms. The summed E-state index contributed by atoms with van der Waals surface area (Å²) < 4.78 is 5.53. The van der Waals surface area contributed by atoms with Crippen molar-refractivity contribution in [3.8, 4) is 5.75 Å². The first-order valence-electron chi connectivity index (χ1n) is 7.12. The maximum absolute atomic E-state index is 6.05. The Hall–Kier alpha value is -2.16. The zero-order valence-electron chi connectivity index (χ0n) is 11.7.